The Morgan fingerprint density at radius 3 is 2.59 bits per heavy atom. The van der Waals surface area contributed by atoms with Crippen LogP contribution in [0.15, 0.2) is 65.3 Å². The van der Waals surface area contributed by atoms with Crippen LogP contribution in [0.1, 0.15) is 10.6 Å². The fourth-order valence-electron chi connectivity index (χ4n) is 2.19. The highest BCUT2D eigenvalue weighted by Gasteiger charge is 2.11. The minimum atomic E-state index is -0.883. The van der Waals surface area contributed by atoms with Gasteiger partial charge in [0.2, 0.25) is 0 Å². The van der Waals surface area contributed by atoms with Crippen molar-refractivity contribution in [2.45, 2.75) is 0 Å². The molecule has 0 aliphatic carbocycles. The molecule has 0 bridgehead atoms. The largest absolute Gasteiger partial charge is 0.484 e. The number of ether oxygens (including phenoxy) is 1. The molecule has 3 rings (SSSR count). The zero-order chi connectivity index (χ0) is 19.2. The normalized spacial score (nSPS) is 10.3. The summed E-state index contributed by atoms with van der Waals surface area (Å²) in [6.07, 6.45) is 1.39. The highest BCUT2D eigenvalue weighted by molar-refractivity contribution is 6.02. The Morgan fingerprint density at radius 2 is 1.85 bits per heavy atom. The van der Waals surface area contributed by atoms with Crippen molar-refractivity contribution in [3.05, 3.63) is 78.3 Å². The van der Waals surface area contributed by atoms with E-state index in [9.17, 15) is 18.4 Å². The quantitative estimate of drug-likeness (QED) is 0.689. The van der Waals surface area contributed by atoms with E-state index in [1.54, 1.807) is 24.3 Å². The number of carbonyl (C=O) groups is 2. The zero-order valence-corrected chi connectivity index (χ0v) is 13.9. The highest BCUT2D eigenvalue weighted by Crippen LogP contribution is 2.19. The maximum Gasteiger partial charge on any atom is 0.291 e. The van der Waals surface area contributed by atoms with Crippen LogP contribution in [0.3, 0.4) is 0 Å². The summed E-state index contributed by atoms with van der Waals surface area (Å²) in [7, 11) is 0. The number of anilines is 2. The number of halogens is 2. The molecule has 0 atom stereocenters. The lowest BCUT2D eigenvalue weighted by atomic mass is 10.3. The van der Waals surface area contributed by atoms with Crippen molar-refractivity contribution < 1.29 is 27.5 Å². The molecule has 2 aromatic carbocycles. The van der Waals surface area contributed by atoms with Gasteiger partial charge in [0, 0.05) is 17.8 Å². The summed E-state index contributed by atoms with van der Waals surface area (Å²) in [5.74, 6) is -2.20. The van der Waals surface area contributed by atoms with Crippen molar-refractivity contribution in [3.63, 3.8) is 0 Å². The Hall–Kier alpha value is -3.68. The summed E-state index contributed by atoms with van der Waals surface area (Å²) < 4.78 is 36.7. The first-order valence-electron chi connectivity index (χ1n) is 7.84. The molecule has 1 aromatic heterocycles. The predicted molar refractivity (Wildman–Crippen MR) is 93.6 cm³/mol. The lowest BCUT2D eigenvalue weighted by Gasteiger charge is -2.10. The molecular formula is C19H14F2N2O4. The number of amides is 2. The van der Waals surface area contributed by atoms with E-state index in [1.165, 1.54) is 18.4 Å². The van der Waals surface area contributed by atoms with E-state index in [0.29, 0.717) is 17.5 Å². The smallest absolute Gasteiger partial charge is 0.291 e. The van der Waals surface area contributed by atoms with Gasteiger partial charge in [-0.05, 0) is 36.4 Å². The summed E-state index contributed by atoms with van der Waals surface area (Å²) in [6, 6.07) is 12.3. The number of carbonyl (C=O) groups excluding carboxylic acids is 2. The predicted octanol–water partition coefficient (Wildman–Crippen LogP) is 3.83. The summed E-state index contributed by atoms with van der Waals surface area (Å²) in [5, 5.41) is 4.91. The minimum absolute atomic E-state index is 0.149. The zero-order valence-electron chi connectivity index (χ0n) is 13.9. The van der Waals surface area contributed by atoms with Crippen LogP contribution in [-0.2, 0) is 4.79 Å². The third-order valence-electron chi connectivity index (χ3n) is 3.41. The van der Waals surface area contributed by atoms with Gasteiger partial charge in [0.05, 0.1) is 12.0 Å². The van der Waals surface area contributed by atoms with E-state index in [4.69, 9.17) is 9.15 Å². The van der Waals surface area contributed by atoms with Gasteiger partial charge in [0.1, 0.15) is 17.4 Å². The van der Waals surface area contributed by atoms with Gasteiger partial charge in [-0.2, -0.15) is 0 Å². The number of hydrogen-bond acceptors (Lipinski definition) is 4. The third-order valence-corrected chi connectivity index (χ3v) is 3.41. The SMILES string of the molecule is O=C(COc1cccc(NC(=O)c2ccco2)c1)Nc1ccc(F)cc1F. The molecule has 8 heteroatoms. The Morgan fingerprint density at radius 1 is 1.00 bits per heavy atom. The summed E-state index contributed by atoms with van der Waals surface area (Å²) in [6.45, 7) is -0.396. The average Bonchev–Trinajstić information content (AvgIpc) is 3.18. The van der Waals surface area contributed by atoms with E-state index in [1.807, 2.05) is 0 Å². The number of nitrogens with one attached hydrogen (secondary N) is 2. The summed E-state index contributed by atoms with van der Waals surface area (Å²) in [4.78, 5) is 23.8. The van der Waals surface area contributed by atoms with Crippen molar-refractivity contribution in [1.82, 2.24) is 0 Å². The maximum atomic E-state index is 13.5. The van der Waals surface area contributed by atoms with Crippen LogP contribution in [-0.4, -0.2) is 18.4 Å². The van der Waals surface area contributed by atoms with E-state index < -0.39 is 30.1 Å². The van der Waals surface area contributed by atoms with Gasteiger partial charge in [-0.15, -0.1) is 0 Å². The summed E-state index contributed by atoms with van der Waals surface area (Å²) >= 11 is 0. The Labute approximate surface area is 152 Å². The molecule has 0 spiro atoms. The molecule has 3 aromatic rings. The molecule has 0 aliphatic heterocycles. The standard InChI is InChI=1S/C19H14F2N2O4/c20-12-6-7-16(15(21)9-12)23-18(24)11-27-14-4-1-3-13(10-14)22-19(25)17-5-2-8-26-17/h1-10H,11H2,(H,22,25)(H,23,24). The van der Waals surface area contributed by atoms with E-state index in [-0.39, 0.29) is 11.4 Å². The first-order chi connectivity index (χ1) is 13.0. The van der Waals surface area contributed by atoms with Gasteiger partial charge < -0.3 is 19.8 Å². The molecule has 138 valence electrons. The molecule has 0 fully saturated rings. The van der Waals surface area contributed by atoms with Gasteiger partial charge in [-0.3, -0.25) is 9.59 Å². The number of rotatable bonds is 6. The third kappa shape index (κ3) is 4.91. The van der Waals surface area contributed by atoms with Crippen LogP contribution < -0.4 is 15.4 Å². The Balaban J connectivity index is 1.56. The fraction of sp³-hybridized carbons (Fsp3) is 0.0526. The average molecular weight is 372 g/mol. The molecule has 0 unspecified atom stereocenters. The van der Waals surface area contributed by atoms with Crippen molar-refractivity contribution in [2.24, 2.45) is 0 Å². The van der Waals surface area contributed by atoms with Crippen molar-refractivity contribution >= 4 is 23.2 Å². The van der Waals surface area contributed by atoms with Gasteiger partial charge in [-0.1, -0.05) is 6.07 Å². The van der Waals surface area contributed by atoms with Crippen LogP contribution >= 0.6 is 0 Å². The second kappa shape index (κ2) is 8.13. The van der Waals surface area contributed by atoms with Crippen LogP contribution in [0.4, 0.5) is 20.2 Å². The minimum Gasteiger partial charge on any atom is -0.484 e. The summed E-state index contributed by atoms with van der Waals surface area (Å²) in [5.41, 5.74) is 0.295. The second-order valence-electron chi connectivity index (χ2n) is 5.42. The molecule has 2 amide bonds. The second-order valence-corrected chi connectivity index (χ2v) is 5.42. The first-order valence-corrected chi connectivity index (χ1v) is 7.84. The molecule has 2 N–H and O–H groups in total. The Kier molecular flexibility index (Phi) is 5.46. The first kappa shape index (κ1) is 18.1. The van der Waals surface area contributed by atoms with Crippen molar-refractivity contribution in [1.29, 1.82) is 0 Å². The molecule has 0 saturated carbocycles. The van der Waals surface area contributed by atoms with Crippen LogP contribution in [0.2, 0.25) is 0 Å². The topological polar surface area (TPSA) is 80.6 Å². The van der Waals surface area contributed by atoms with E-state index in [0.717, 1.165) is 12.1 Å². The Bertz CT molecular complexity index is 958. The van der Waals surface area contributed by atoms with Gasteiger partial charge in [-0.25, -0.2) is 8.78 Å². The number of furan rings is 1. The fourth-order valence-corrected chi connectivity index (χ4v) is 2.19. The van der Waals surface area contributed by atoms with E-state index >= 15 is 0 Å². The molecule has 27 heavy (non-hydrogen) atoms. The van der Waals surface area contributed by atoms with E-state index in [2.05, 4.69) is 10.6 Å². The lowest BCUT2D eigenvalue weighted by Crippen LogP contribution is -2.21. The van der Waals surface area contributed by atoms with Crippen LogP contribution in [0, 0.1) is 11.6 Å². The van der Waals surface area contributed by atoms with Crippen molar-refractivity contribution in [2.75, 3.05) is 17.2 Å². The monoisotopic (exact) mass is 372 g/mol. The molecule has 0 radical (unpaired) electrons. The lowest BCUT2D eigenvalue weighted by molar-refractivity contribution is -0.118. The molecule has 0 aliphatic rings. The van der Waals surface area contributed by atoms with Gasteiger partial charge in [0.25, 0.3) is 11.8 Å². The maximum absolute atomic E-state index is 13.5. The van der Waals surface area contributed by atoms with Gasteiger partial charge >= 0.3 is 0 Å². The molecule has 6 nitrogen and oxygen atoms in total. The van der Waals surface area contributed by atoms with Gasteiger partial charge in [0.15, 0.2) is 12.4 Å². The number of benzene rings is 2. The van der Waals surface area contributed by atoms with Crippen LogP contribution in [0.5, 0.6) is 5.75 Å². The highest BCUT2D eigenvalue weighted by atomic mass is 19.1. The number of hydrogen-bond donors (Lipinski definition) is 2. The molecule has 1 heterocycles. The van der Waals surface area contributed by atoms with Crippen molar-refractivity contribution in [3.8, 4) is 5.75 Å². The molecular weight excluding hydrogens is 358 g/mol. The molecule has 0 saturated heterocycles. The van der Waals surface area contributed by atoms with Crippen LogP contribution in [0.25, 0.3) is 0 Å².